The normalized spacial score (nSPS) is 18.9. The number of hydrogen-bond donors (Lipinski definition) is 0. The molecule has 0 saturated heterocycles. The van der Waals surface area contributed by atoms with E-state index in [0.717, 1.165) is 25.7 Å². The van der Waals surface area contributed by atoms with Gasteiger partial charge in [-0.1, -0.05) is 31.0 Å². The number of rotatable bonds is 4. The van der Waals surface area contributed by atoms with Crippen LogP contribution in [0, 0.1) is 0 Å². The molecule has 1 unspecified atom stereocenters. The largest absolute Gasteiger partial charge is 0.284 e. The summed E-state index contributed by atoms with van der Waals surface area (Å²) in [5.41, 5.74) is -2.68. The number of sulfone groups is 1. The molecule has 0 spiro atoms. The van der Waals surface area contributed by atoms with Crippen LogP contribution in [0.15, 0.2) is 29.2 Å². The molecule has 2 nitrogen and oxygen atoms in total. The van der Waals surface area contributed by atoms with Crippen molar-refractivity contribution < 1.29 is 21.6 Å². The smallest absolute Gasteiger partial charge is 0.223 e. The monoisotopic (exact) mass is 292 g/mol. The molecule has 19 heavy (non-hydrogen) atoms. The van der Waals surface area contributed by atoms with Gasteiger partial charge in [-0.15, -0.1) is 0 Å². The molecule has 1 saturated carbocycles. The third-order valence-electron chi connectivity index (χ3n) is 3.52. The topological polar surface area (TPSA) is 34.1 Å². The van der Waals surface area contributed by atoms with Gasteiger partial charge in [0.05, 0.1) is 4.90 Å². The molecule has 1 aromatic rings. The molecule has 0 bridgehead atoms. The van der Waals surface area contributed by atoms with E-state index in [9.17, 15) is 21.6 Å². The van der Waals surface area contributed by atoms with Crippen molar-refractivity contribution in [3.8, 4) is 0 Å². The van der Waals surface area contributed by atoms with Crippen molar-refractivity contribution in [1.29, 1.82) is 0 Å². The summed E-state index contributed by atoms with van der Waals surface area (Å²) in [4.78, 5) is -0.283. The van der Waals surface area contributed by atoms with E-state index in [1.54, 1.807) is 12.1 Å². The average Bonchev–Trinajstić information content (AvgIpc) is 2.91. The molecule has 1 aliphatic rings. The van der Waals surface area contributed by atoms with E-state index in [2.05, 4.69) is 0 Å². The summed E-state index contributed by atoms with van der Waals surface area (Å²) in [7, 11) is -4.62. The number of halogens is 3. The predicted molar refractivity (Wildman–Crippen MR) is 65.7 cm³/mol. The third-order valence-corrected chi connectivity index (χ3v) is 5.30. The molecule has 1 aliphatic carbocycles. The maximum Gasteiger partial charge on any atom is 0.284 e. The van der Waals surface area contributed by atoms with Crippen molar-refractivity contribution >= 4 is 9.84 Å². The Hall–Kier alpha value is -1.04. The molecule has 6 heteroatoms. The molecular formula is C13H15F3O2S. The van der Waals surface area contributed by atoms with Crippen molar-refractivity contribution in [1.82, 2.24) is 0 Å². The van der Waals surface area contributed by atoms with Crippen LogP contribution in [-0.4, -0.2) is 20.3 Å². The first-order valence-electron chi connectivity index (χ1n) is 6.19. The molecule has 106 valence electrons. The fraction of sp³-hybridized carbons (Fsp3) is 0.538. The molecule has 0 amide bonds. The molecule has 1 fully saturated rings. The van der Waals surface area contributed by atoms with E-state index in [0.29, 0.717) is 5.56 Å². The van der Waals surface area contributed by atoms with Crippen LogP contribution in [0.1, 0.15) is 37.2 Å². The van der Waals surface area contributed by atoms with E-state index in [4.69, 9.17) is 0 Å². The van der Waals surface area contributed by atoms with Gasteiger partial charge in [0.15, 0.2) is 0 Å². The van der Waals surface area contributed by atoms with Crippen LogP contribution in [0.5, 0.6) is 0 Å². The van der Waals surface area contributed by atoms with E-state index >= 15 is 0 Å². The minimum atomic E-state index is -4.62. The van der Waals surface area contributed by atoms with Gasteiger partial charge in [0.25, 0.3) is 11.9 Å². The second-order valence-corrected chi connectivity index (χ2v) is 6.73. The summed E-state index contributed by atoms with van der Waals surface area (Å²) in [6, 6.07) is 5.91. The maximum absolute atomic E-state index is 13.3. The van der Waals surface area contributed by atoms with Crippen LogP contribution in [0.4, 0.5) is 13.2 Å². The van der Waals surface area contributed by atoms with E-state index < -0.39 is 21.8 Å². The van der Waals surface area contributed by atoms with E-state index in [-0.39, 0.29) is 10.8 Å². The molecule has 1 atom stereocenters. The lowest BCUT2D eigenvalue weighted by Gasteiger charge is -2.17. The summed E-state index contributed by atoms with van der Waals surface area (Å²) in [6.45, 7) is 0. The first-order valence-corrected chi connectivity index (χ1v) is 7.74. The van der Waals surface area contributed by atoms with Crippen molar-refractivity contribution in [2.24, 2.45) is 0 Å². The highest BCUT2D eigenvalue weighted by Gasteiger charge is 2.37. The van der Waals surface area contributed by atoms with Crippen molar-refractivity contribution in [2.75, 3.05) is 0 Å². The van der Waals surface area contributed by atoms with Crippen LogP contribution >= 0.6 is 0 Å². The second kappa shape index (κ2) is 5.53. The Morgan fingerprint density at radius 2 is 1.63 bits per heavy atom. The van der Waals surface area contributed by atoms with Gasteiger partial charge in [-0.3, -0.25) is 0 Å². The first-order chi connectivity index (χ1) is 8.94. The zero-order valence-electron chi connectivity index (χ0n) is 10.2. The molecular weight excluding hydrogens is 277 g/mol. The number of benzene rings is 1. The van der Waals surface area contributed by atoms with Crippen molar-refractivity contribution in [3.63, 3.8) is 0 Å². The fourth-order valence-corrected chi connectivity index (χ4v) is 3.92. The summed E-state index contributed by atoms with van der Waals surface area (Å²) in [6.07, 6.45) is 0.0672. The Morgan fingerprint density at radius 1 is 1.05 bits per heavy atom. The van der Waals surface area contributed by atoms with Gasteiger partial charge >= 0.3 is 0 Å². The van der Waals surface area contributed by atoms with Crippen molar-refractivity contribution in [3.05, 3.63) is 29.8 Å². The molecule has 0 heterocycles. The minimum absolute atomic E-state index is 0.0239. The van der Waals surface area contributed by atoms with Crippen LogP contribution in [-0.2, 0) is 9.84 Å². The molecule has 1 aromatic carbocycles. The molecule has 0 radical (unpaired) electrons. The quantitative estimate of drug-likeness (QED) is 0.848. The Morgan fingerprint density at radius 3 is 2.21 bits per heavy atom. The lowest BCUT2D eigenvalue weighted by molar-refractivity contribution is 0.0902. The zero-order chi connectivity index (χ0) is 14.0. The second-order valence-electron chi connectivity index (χ2n) is 4.75. The summed E-state index contributed by atoms with van der Waals surface area (Å²) in [5, 5.41) is 0. The highest BCUT2D eigenvalue weighted by molar-refractivity contribution is 7.92. The van der Waals surface area contributed by atoms with Crippen LogP contribution in [0.2, 0.25) is 0 Å². The van der Waals surface area contributed by atoms with Gasteiger partial charge in [-0.05, 0) is 30.4 Å². The van der Waals surface area contributed by atoms with Crippen LogP contribution in [0.3, 0.4) is 0 Å². The first kappa shape index (κ1) is 14.4. The Kier molecular flexibility index (Phi) is 4.18. The van der Waals surface area contributed by atoms with Crippen LogP contribution < -0.4 is 0 Å². The van der Waals surface area contributed by atoms with E-state index in [1.807, 2.05) is 0 Å². The number of alkyl halides is 3. The van der Waals surface area contributed by atoms with E-state index in [1.165, 1.54) is 12.1 Å². The Balaban J connectivity index is 2.44. The van der Waals surface area contributed by atoms with Gasteiger partial charge in [0, 0.05) is 0 Å². The van der Waals surface area contributed by atoms with Crippen molar-refractivity contribution in [2.45, 2.75) is 48.4 Å². The zero-order valence-corrected chi connectivity index (χ0v) is 11.0. The Bertz CT molecular complexity index is 537. The van der Waals surface area contributed by atoms with Gasteiger partial charge in [0.1, 0.15) is 0 Å². The third kappa shape index (κ3) is 2.78. The summed E-state index contributed by atoms with van der Waals surface area (Å²) >= 11 is 0. The standard InChI is InChI=1S/C13H15F3O2S/c14-12(15)13(16)19(17,18)11-8-4-3-7-10(11)9-5-1-2-6-9/h3-4,7-9,12-13H,1-2,5-6H2. The van der Waals surface area contributed by atoms with Crippen LogP contribution in [0.25, 0.3) is 0 Å². The van der Waals surface area contributed by atoms with Gasteiger partial charge in [-0.25, -0.2) is 21.6 Å². The lowest BCUT2D eigenvalue weighted by Crippen LogP contribution is -2.25. The molecule has 0 aromatic heterocycles. The lowest BCUT2D eigenvalue weighted by atomic mass is 9.98. The predicted octanol–water partition coefficient (Wildman–Crippen LogP) is 3.68. The Labute approximate surface area is 110 Å². The highest BCUT2D eigenvalue weighted by atomic mass is 32.2. The van der Waals surface area contributed by atoms with Gasteiger partial charge in [0.2, 0.25) is 9.84 Å². The molecule has 0 aliphatic heterocycles. The average molecular weight is 292 g/mol. The van der Waals surface area contributed by atoms with Gasteiger partial charge in [-0.2, -0.15) is 0 Å². The summed E-state index contributed by atoms with van der Waals surface area (Å²) < 4.78 is 61.8. The molecule has 2 rings (SSSR count). The van der Waals surface area contributed by atoms with Gasteiger partial charge < -0.3 is 0 Å². The highest BCUT2D eigenvalue weighted by Crippen LogP contribution is 2.38. The minimum Gasteiger partial charge on any atom is -0.223 e. The SMILES string of the molecule is O=S(=O)(c1ccccc1C1CCCC1)C(F)C(F)F. The number of hydrogen-bond acceptors (Lipinski definition) is 2. The summed E-state index contributed by atoms with van der Waals surface area (Å²) in [5.74, 6) is 0.0239. The maximum atomic E-state index is 13.3. The molecule has 0 N–H and O–H groups in total. The fourth-order valence-electron chi connectivity index (χ4n) is 2.57.